The highest BCUT2D eigenvalue weighted by Crippen LogP contribution is 2.33. The number of nitrogens with one attached hydrogen (secondary N) is 2. The number of anilines is 1. The average molecular weight is 290 g/mol. The van der Waals surface area contributed by atoms with Crippen LogP contribution in [0.3, 0.4) is 0 Å². The highest BCUT2D eigenvalue weighted by molar-refractivity contribution is 6.33. The Kier molecular flexibility index (Phi) is 3.71. The van der Waals surface area contributed by atoms with E-state index in [1.54, 1.807) is 6.20 Å². The van der Waals surface area contributed by atoms with Gasteiger partial charge in [0.15, 0.2) is 0 Å². The molecule has 2 aromatic rings. The van der Waals surface area contributed by atoms with Gasteiger partial charge in [-0.3, -0.25) is 0 Å². The molecule has 1 aromatic carbocycles. The zero-order valence-corrected chi connectivity index (χ0v) is 10.7. The third kappa shape index (κ3) is 3.41. The molecule has 2 N–H and O–H groups in total. The fourth-order valence-corrected chi connectivity index (χ4v) is 1.83. The lowest BCUT2D eigenvalue weighted by molar-refractivity contribution is -0.137. The lowest BCUT2D eigenvalue weighted by Crippen LogP contribution is -2.06. The molecule has 0 saturated carbocycles. The highest BCUT2D eigenvalue weighted by atomic mass is 35.5. The van der Waals surface area contributed by atoms with Gasteiger partial charge in [0.1, 0.15) is 5.82 Å². The number of aromatic nitrogens is 2. The normalized spacial score (nSPS) is 11.6. The Hall–Kier alpha value is -1.69. The van der Waals surface area contributed by atoms with Crippen molar-refractivity contribution >= 4 is 17.3 Å². The minimum Gasteiger partial charge on any atom is -0.378 e. The van der Waals surface area contributed by atoms with Crippen LogP contribution in [0.5, 0.6) is 0 Å². The summed E-state index contributed by atoms with van der Waals surface area (Å²) >= 11 is 5.82. The molecule has 0 saturated heterocycles. The predicted molar refractivity (Wildman–Crippen MR) is 67.1 cm³/mol. The van der Waals surface area contributed by atoms with E-state index in [-0.39, 0.29) is 5.02 Å². The number of hydrogen-bond donors (Lipinski definition) is 2. The quantitative estimate of drug-likeness (QED) is 0.896. The standard InChI is InChI=1S/C12H11ClF3N3/c1-7-17-5-9(19-7)6-18-11-3-2-8(4-10(11)13)12(14,15)16/h2-5,18H,6H2,1H3,(H,17,19). The molecule has 0 atom stereocenters. The summed E-state index contributed by atoms with van der Waals surface area (Å²) in [6, 6.07) is 3.21. The summed E-state index contributed by atoms with van der Waals surface area (Å²) in [7, 11) is 0. The first-order chi connectivity index (χ1) is 8.86. The molecular formula is C12H11ClF3N3. The molecule has 1 heterocycles. The van der Waals surface area contributed by atoms with E-state index >= 15 is 0 Å². The zero-order chi connectivity index (χ0) is 14.0. The molecule has 0 radical (unpaired) electrons. The SMILES string of the molecule is Cc1ncc(CNc2ccc(C(F)(F)F)cc2Cl)[nH]1. The molecule has 0 aliphatic heterocycles. The fraction of sp³-hybridized carbons (Fsp3) is 0.250. The Labute approximate surface area is 112 Å². The molecule has 0 fully saturated rings. The van der Waals surface area contributed by atoms with Crippen LogP contribution in [0, 0.1) is 6.92 Å². The van der Waals surface area contributed by atoms with E-state index < -0.39 is 11.7 Å². The van der Waals surface area contributed by atoms with Crippen LogP contribution in [0.4, 0.5) is 18.9 Å². The van der Waals surface area contributed by atoms with Gasteiger partial charge < -0.3 is 10.3 Å². The van der Waals surface area contributed by atoms with Gasteiger partial charge >= 0.3 is 6.18 Å². The summed E-state index contributed by atoms with van der Waals surface area (Å²) in [5.41, 5.74) is 0.510. The number of hydrogen-bond acceptors (Lipinski definition) is 2. The number of imidazole rings is 1. The monoisotopic (exact) mass is 289 g/mol. The van der Waals surface area contributed by atoms with E-state index in [1.165, 1.54) is 6.07 Å². The van der Waals surface area contributed by atoms with Gasteiger partial charge in [-0.05, 0) is 25.1 Å². The van der Waals surface area contributed by atoms with Crippen LogP contribution in [0.15, 0.2) is 24.4 Å². The van der Waals surface area contributed by atoms with E-state index in [9.17, 15) is 13.2 Å². The number of halogens is 4. The van der Waals surface area contributed by atoms with Gasteiger partial charge in [0.25, 0.3) is 0 Å². The first kappa shape index (κ1) is 13.7. The maximum absolute atomic E-state index is 12.5. The number of benzene rings is 1. The van der Waals surface area contributed by atoms with Gasteiger partial charge in [-0.1, -0.05) is 11.6 Å². The van der Waals surface area contributed by atoms with E-state index in [0.717, 1.165) is 23.7 Å². The minimum atomic E-state index is -4.39. The van der Waals surface area contributed by atoms with Gasteiger partial charge in [-0.15, -0.1) is 0 Å². The van der Waals surface area contributed by atoms with Crippen molar-refractivity contribution in [3.05, 3.63) is 46.5 Å². The van der Waals surface area contributed by atoms with Gasteiger partial charge in [0.05, 0.1) is 34.7 Å². The predicted octanol–water partition coefficient (Wildman–Crippen LogP) is 4.00. The van der Waals surface area contributed by atoms with Gasteiger partial charge in [-0.25, -0.2) is 4.98 Å². The molecule has 0 aliphatic carbocycles. The second-order valence-electron chi connectivity index (χ2n) is 4.04. The van der Waals surface area contributed by atoms with E-state index in [0.29, 0.717) is 12.2 Å². The zero-order valence-electron chi connectivity index (χ0n) is 9.98. The number of alkyl halides is 3. The van der Waals surface area contributed by atoms with Crippen molar-refractivity contribution in [2.24, 2.45) is 0 Å². The lowest BCUT2D eigenvalue weighted by atomic mass is 10.2. The van der Waals surface area contributed by atoms with Crippen LogP contribution >= 0.6 is 11.6 Å². The molecule has 0 amide bonds. The molecule has 3 nitrogen and oxygen atoms in total. The molecule has 0 spiro atoms. The van der Waals surface area contributed by atoms with E-state index in [2.05, 4.69) is 15.3 Å². The highest BCUT2D eigenvalue weighted by Gasteiger charge is 2.30. The molecule has 0 unspecified atom stereocenters. The van der Waals surface area contributed by atoms with Crippen LogP contribution in [0.1, 0.15) is 17.1 Å². The summed E-state index contributed by atoms with van der Waals surface area (Å²) in [5.74, 6) is 0.773. The Morgan fingerprint density at radius 2 is 2.11 bits per heavy atom. The van der Waals surface area contributed by atoms with Crippen molar-refractivity contribution in [2.75, 3.05) is 5.32 Å². The summed E-state index contributed by atoms with van der Waals surface area (Å²) in [6.07, 6.45) is -2.73. The van der Waals surface area contributed by atoms with Crippen molar-refractivity contribution in [1.29, 1.82) is 0 Å². The maximum Gasteiger partial charge on any atom is 0.416 e. The third-order valence-electron chi connectivity index (χ3n) is 2.52. The Balaban J connectivity index is 2.09. The van der Waals surface area contributed by atoms with Gasteiger partial charge in [0, 0.05) is 0 Å². The molecule has 1 aromatic heterocycles. The van der Waals surface area contributed by atoms with Gasteiger partial charge in [0.2, 0.25) is 0 Å². The molecule has 2 rings (SSSR count). The van der Waals surface area contributed by atoms with Crippen LogP contribution in [-0.4, -0.2) is 9.97 Å². The molecular weight excluding hydrogens is 279 g/mol. The van der Waals surface area contributed by atoms with Gasteiger partial charge in [-0.2, -0.15) is 13.2 Å². The largest absolute Gasteiger partial charge is 0.416 e. The minimum absolute atomic E-state index is 0.0334. The second kappa shape index (κ2) is 5.13. The Bertz CT molecular complexity index is 578. The molecule has 0 bridgehead atoms. The molecule has 7 heteroatoms. The second-order valence-corrected chi connectivity index (χ2v) is 4.45. The van der Waals surface area contributed by atoms with E-state index in [1.807, 2.05) is 6.92 Å². The van der Waals surface area contributed by atoms with Crippen LogP contribution in [0.2, 0.25) is 5.02 Å². The van der Waals surface area contributed by atoms with Crippen LogP contribution in [0.25, 0.3) is 0 Å². The summed E-state index contributed by atoms with van der Waals surface area (Å²) < 4.78 is 37.4. The topological polar surface area (TPSA) is 40.7 Å². The van der Waals surface area contributed by atoms with E-state index in [4.69, 9.17) is 11.6 Å². The summed E-state index contributed by atoms with van der Waals surface area (Å²) in [5, 5.41) is 2.98. The number of aromatic amines is 1. The Morgan fingerprint density at radius 3 is 2.63 bits per heavy atom. The first-order valence-electron chi connectivity index (χ1n) is 5.47. The summed E-state index contributed by atoms with van der Waals surface area (Å²) in [4.78, 5) is 7.03. The van der Waals surface area contributed by atoms with Crippen molar-refractivity contribution in [3.8, 4) is 0 Å². The number of rotatable bonds is 3. The van der Waals surface area contributed by atoms with Crippen molar-refractivity contribution in [1.82, 2.24) is 9.97 Å². The lowest BCUT2D eigenvalue weighted by Gasteiger charge is -2.11. The van der Waals surface area contributed by atoms with Crippen LogP contribution < -0.4 is 5.32 Å². The molecule has 102 valence electrons. The molecule has 0 aliphatic rings. The van der Waals surface area contributed by atoms with Crippen molar-refractivity contribution in [3.63, 3.8) is 0 Å². The number of nitrogens with zero attached hydrogens (tertiary/aromatic N) is 1. The fourth-order valence-electron chi connectivity index (χ4n) is 1.59. The van der Waals surface area contributed by atoms with Crippen molar-refractivity contribution < 1.29 is 13.2 Å². The summed E-state index contributed by atoms with van der Waals surface area (Å²) in [6.45, 7) is 2.22. The number of H-pyrrole nitrogens is 1. The van der Waals surface area contributed by atoms with Crippen molar-refractivity contribution in [2.45, 2.75) is 19.6 Å². The number of aryl methyl sites for hydroxylation is 1. The third-order valence-corrected chi connectivity index (χ3v) is 2.83. The Morgan fingerprint density at radius 1 is 1.37 bits per heavy atom. The smallest absolute Gasteiger partial charge is 0.378 e. The maximum atomic E-state index is 12.5. The average Bonchev–Trinajstić information content (AvgIpc) is 2.72. The molecule has 19 heavy (non-hydrogen) atoms. The first-order valence-corrected chi connectivity index (χ1v) is 5.85. The van der Waals surface area contributed by atoms with Crippen LogP contribution in [-0.2, 0) is 12.7 Å².